The summed E-state index contributed by atoms with van der Waals surface area (Å²) in [6.07, 6.45) is 0.947. The molecule has 6 nitrogen and oxygen atoms in total. The van der Waals surface area contributed by atoms with Crippen LogP contribution in [0.4, 0.5) is 5.69 Å². The maximum atomic E-state index is 12.1. The highest BCUT2D eigenvalue weighted by Gasteiger charge is 2.39. The van der Waals surface area contributed by atoms with Crippen LogP contribution in [0.2, 0.25) is 0 Å². The zero-order valence-electron chi connectivity index (χ0n) is 13.7. The van der Waals surface area contributed by atoms with Crippen molar-refractivity contribution in [2.24, 2.45) is 11.8 Å². The second kappa shape index (κ2) is 8.64. The van der Waals surface area contributed by atoms with Gasteiger partial charge in [-0.05, 0) is 30.5 Å². The van der Waals surface area contributed by atoms with Gasteiger partial charge in [0.15, 0.2) is 0 Å². The van der Waals surface area contributed by atoms with Crippen molar-refractivity contribution in [3.05, 3.63) is 29.8 Å². The van der Waals surface area contributed by atoms with Crippen molar-refractivity contribution in [2.45, 2.75) is 13.3 Å². The summed E-state index contributed by atoms with van der Waals surface area (Å²) in [5.41, 5.74) is 1.21. The molecule has 1 aliphatic carbocycles. The molecule has 3 N–H and O–H groups in total. The summed E-state index contributed by atoms with van der Waals surface area (Å²) in [4.78, 5) is 24.0. The van der Waals surface area contributed by atoms with Crippen LogP contribution >= 0.6 is 0 Å². The first-order chi connectivity index (χ1) is 11.1. The highest BCUT2D eigenvalue weighted by atomic mass is 16.5. The van der Waals surface area contributed by atoms with Crippen molar-refractivity contribution in [2.75, 3.05) is 38.7 Å². The summed E-state index contributed by atoms with van der Waals surface area (Å²) in [5, 5.41) is 8.88. The lowest BCUT2D eigenvalue weighted by atomic mass is 10.2. The van der Waals surface area contributed by atoms with E-state index in [1.165, 1.54) is 0 Å². The second-order valence-electron chi connectivity index (χ2n) is 5.89. The fourth-order valence-corrected chi connectivity index (χ4v) is 2.33. The quantitative estimate of drug-likeness (QED) is 0.599. The summed E-state index contributed by atoms with van der Waals surface area (Å²) in [5.74, 6) is 0.476. The first-order valence-corrected chi connectivity index (χ1v) is 8.00. The average molecular weight is 319 g/mol. The summed E-state index contributed by atoms with van der Waals surface area (Å²) in [6.45, 7) is 4.70. The minimum Gasteiger partial charge on any atom is -0.383 e. The third kappa shape index (κ3) is 5.65. The van der Waals surface area contributed by atoms with Crippen LogP contribution in [0.25, 0.3) is 0 Å². The van der Waals surface area contributed by atoms with E-state index in [9.17, 15) is 9.59 Å². The lowest BCUT2D eigenvalue weighted by molar-refractivity contribution is -0.117. The molecule has 0 aliphatic heterocycles. The monoisotopic (exact) mass is 319 g/mol. The lowest BCUT2D eigenvalue weighted by Gasteiger charge is -2.09. The number of rotatable bonds is 9. The van der Waals surface area contributed by atoms with Crippen LogP contribution in [-0.4, -0.2) is 45.2 Å². The molecule has 6 heteroatoms. The Morgan fingerprint density at radius 3 is 2.74 bits per heavy atom. The van der Waals surface area contributed by atoms with Crippen LogP contribution in [0.1, 0.15) is 23.7 Å². The standard InChI is InChI=1S/C17H25N3O3/c1-12-10-15(12)17(22)20-14-5-3-4-13(11-14)16(21)19-7-6-18-8-9-23-2/h3-5,11-12,15,18H,6-10H2,1-2H3,(H,19,21)(H,20,22). The molecule has 2 amide bonds. The van der Waals surface area contributed by atoms with Gasteiger partial charge in [-0.15, -0.1) is 0 Å². The van der Waals surface area contributed by atoms with E-state index in [1.807, 2.05) is 0 Å². The van der Waals surface area contributed by atoms with E-state index in [1.54, 1.807) is 31.4 Å². The molecule has 2 atom stereocenters. The Morgan fingerprint density at radius 2 is 2.04 bits per heavy atom. The predicted molar refractivity (Wildman–Crippen MR) is 89.4 cm³/mol. The molecule has 0 aromatic heterocycles. The Morgan fingerprint density at radius 1 is 1.26 bits per heavy atom. The maximum Gasteiger partial charge on any atom is 0.251 e. The SMILES string of the molecule is COCCNCCNC(=O)c1cccc(NC(=O)C2CC2C)c1. The molecule has 23 heavy (non-hydrogen) atoms. The van der Waals surface area contributed by atoms with Crippen molar-refractivity contribution in [3.8, 4) is 0 Å². The van der Waals surface area contributed by atoms with Crippen molar-refractivity contribution >= 4 is 17.5 Å². The van der Waals surface area contributed by atoms with Crippen LogP contribution in [0.15, 0.2) is 24.3 Å². The molecule has 0 saturated heterocycles. The van der Waals surface area contributed by atoms with E-state index >= 15 is 0 Å². The number of carbonyl (C=O) groups excluding carboxylic acids is 2. The van der Waals surface area contributed by atoms with E-state index in [0.29, 0.717) is 36.9 Å². The van der Waals surface area contributed by atoms with Crippen LogP contribution in [0.5, 0.6) is 0 Å². The number of methoxy groups -OCH3 is 1. The zero-order chi connectivity index (χ0) is 16.7. The smallest absolute Gasteiger partial charge is 0.251 e. The first kappa shape index (κ1) is 17.4. The van der Waals surface area contributed by atoms with E-state index in [2.05, 4.69) is 22.9 Å². The van der Waals surface area contributed by atoms with Crippen LogP contribution < -0.4 is 16.0 Å². The highest BCUT2D eigenvalue weighted by molar-refractivity contribution is 5.98. The Balaban J connectivity index is 1.77. The Kier molecular flexibility index (Phi) is 6.55. The van der Waals surface area contributed by atoms with Gasteiger partial charge < -0.3 is 20.7 Å². The predicted octanol–water partition coefficient (Wildman–Crippen LogP) is 1.25. The van der Waals surface area contributed by atoms with Crippen molar-refractivity contribution in [1.29, 1.82) is 0 Å². The molecular formula is C17H25N3O3. The molecule has 1 aromatic rings. The molecular weight excluding hydrogens is 294 g/mol. The number of anilines is 1. The Hall–Kier alpha value is -1.92. The van der Waals surface area contributed by atoms with E-state index in [0.717, 1.165) is 13.0 Å². The summed E-state index contributed by atoms with van der Waals surface area (Å²) in [6, 6.07) is 7.02. The normalized spacial score (nSPS) is 19.2. The van der Waals surface area contributed by atoms with E-state index in [-0.39, 0.29) is 17.7 Å². The van der Waals surface area contributed by atoms with Gasteiger partial charge in [-0.2, -0.15) is 0 Å². The number of hydrogen-bond donors (Lipinski definition) is 3. The lowest BCUT2D eigenvalue weighted by Crippen LogP contribution is -2.33. The number of nitrogens with one attached hydrogen (secondary N) is 3. The molecule has 1 aliphatic rings. The fourth-order valence-electron chi connectivity index (χ4n) is 2.33. The molecule has 0 heterocycles. The number of hydrogen-bond acceptors (Lipinski definition) is 4. The minimum absolute atomic E-state index is 0.0393. The second-order valence-corrected chi connectivity index (χ2v) is 5.89. The number of amides is 2. The van der Waals surface area contributed by atoms with Gasteiger partial charge in [0.1, 0.15) is 0 Å². The topological polar surface area (TPSA) is 79.5 Å². The molecule has 2 rings (SSSR count). The molecule has 0 bridgehead atoms. The van der Waals surface area contributed by atoms with Gasteiger partial charge in [0.05, 0.1) is 6.61 Å². The Labute approximate surface area is 137 Å². The van der Waals surface area contributed by atoms with Gasteiger partial charge in [-0.1, -0.05) is 13.0 Å². The van der Waals surface area contributed by atoms with Gasteiger partial charge in [0.2, 0.25) is 5.91 Å². The van der Waals surface area contributed by atoms with Crippen molar-refractivity contribution in [1.82, 2.24) is 10.6 Å². The van der Waals surface area contributed by atoms with Crippen molar-refractivity contribution < 1.29 is 14.3 Å². The van der Waals surface area contributed by atoms with Gasteiger partial charge in [-0.25, -0.2) is 0 Å². The summed E-state index contributed by atoms with van der Waals surface area (Å²) < 4.78 is 4.93. The molecule has 1 fully saturated rings. The third-order valence-electron chi connectivity index (χ3n) is 3.91. The van der Waals surface area contributed by atoms with Gasteiger partial charge in [-0.3, -0.25) is 9.59 Å². The molecule has 2 unspecified atom stereocenters. The number of benzene rings is 1. The van der Waals surface area contributed by atoms with Crippen LogP contribution in [0, 0.1) is 11.8 Å². The molecule has 1 aromatic carbocycles. The average Bonchev–Trinajstić information content (AvgIpc) is 3.28. The third-order valence-corrected chi connectivity index (χ3v) is 3.91. The number of ether oxygens (including phenoxy) is 1. The fraction of sp³-hybridized carbons (Fsp3) is 0.529. The summed E-state index contributed by atoms with van der Waals surface area (Å²) in [7, 11) is 1.65. The largest absolute Gasteiger partial charge is 0.383 e. The molecule has 0 radical (unpaired) electrons. The van der Waals surface area contributed by atoms with Gasteiger partial charge in [0.25, 0.3) is 5.91 Å². The minimum atomic E-state index is -0.144. The van der Waals surface area contributed by atoms with E-state index in [4.69, 9.17) is 4.74 Å². The van der Waals surface area contributed by atoms with Crippen LogP contribution in [-0.2, 0) is 9.53 Å². The first-order valence-electron chi connectivity index (χ1n) is 8.00. The molecule has 0 spiro atoms. The summed E-state index contributed by atoms with van der Waals surface area (Å²) >= 11 is 0. The molecule has 1 saturated carbocycles. The van der Waals surface area contributed by atoms with Crippen LogP contribution in [0.3, 0.4) is 0 Å². The van der Waals surface area contributed by atoms with E-state index < -0.39 is 0 Å². The molecule has 126 valence electrons. The van der Waals surface area contributed by atoms with Crippen molar-refractivity contribution in [3.63, 3.8) is 0 Å². The highest BCUT2D eigenvalue weighted by Crippen LogP contribution is 2.38. The zero-order valence-corrected chi connectivity index (χ0v) is 13.7. The van der Waals surface area contributed by atoms with Gasteiger partial charge >= 0.3 is 0 Å². The Bertz CT molecular complexity index is 548. The maximum absolute atomic E-state index is 12.1. The van der Waals surface area contributed by atoms with Gasteiger partial charge in [0, 0.05) is 43.9 Å². The number of carbonyl (C=O) groups is 2.